The van der Waals surface area contributed by atoms with Gasteiger partial charge in [-0.1, -0.05) is 6.92 Å². The van der Waals surface area contributed by atoms with E-state index in [0.29, 0.717) is 6.04 Å². The molecule has 1 aliphatic rings. The van der Waals surface area contributed by atoms with Crippen LogP contribution >= 0.6 is 0 Å². The second kappa shape index (κ2) is 5.25. The maximum atomic E-state index is 10.9. The minimum Gasteiger partial charge on any atom is -0.346 e. The fourth-order valence-corrected chi connectivity index (χ4v) is 3.19. The van der Waals surface area contributed by atoms with E-state index >= 15 is 0 Å². The number of nitrogens with zero attached hydrogens (tertiary/aromatic N) is 3. The number of hydrogen-bond donors (Lipinski definition) is 0. The number of likely N-dealkylation sites (tertiary alicyclic amines) is 1. The summed E-state index contributed by atoms with van der Waals surface area (Å²) in [6.45, 7) is 5.35. The van der Waals surface area contributed by atoms with E-state index in [9.17, 15) is 10.1 Å². The van der Waals surface area contributed by atoms with Crippen LogP contribution in [0.4, 0.5) is 5.69 Å². The maximum absolute atomic E-state index is 10.9. The third-order valence-electron chi connectivity index (χ3n) is 4.28. The number of nitro benzene ring substituents is 1. The molecule has 0 amide bonds. The summed E-state index contributed by atoms with van der Waals surface area (Å²) >= 11 is 0. The summed E-state index contributed by atoms with van der Waals surface area (Å²) in [4.78, 5) is 13.1. The molecular formula is C15H19N3O2. The van der Waals surface area contributed by atoms with Gasteiger partial charge < -0.3 is 4.57 Å². The Balaban J connectivity index is 1.91. The molecule has 0 saturated carbocycles. The first-order valence-electron chi connectivity index (χ1n) is 7.16. The van der Waals surface area contributed by atoms with Crippen LogP contribution in [0.25, 0.3) is 10.9 Å². The molecule has 1 saturated heterocycles. The monoisotopic (exact) mass is 273 g/mol. The molecule has 1 aromatic heterocycles. The summed E-state index contributed by atoms with van der Waals surface area (Å²) in [6.07, 6.45) is 4.50. The van der Waals surface area contributed by atoms with Gasteiger partial charge in [-0.05, 0) is 38.1 Å². The Kier molecular flexibility index (Phi) is 3.44. The van der Waals surface area contributed by atoms with Crippen LogP contribution in [0, 0.1) is 10.1 Å². The van der Waals surface area contributed by atoms with Gasteiger partial charge in [0.25, 0.3) is 5.69 Å². The van der Waals surface area contributed by atoms with Gasteiger partial charge in [0.05, 0.1) is 10.4 Å². The Labute approximate surface area is 117 Å². The smallest absolute Gasteiger partial charge is 0.271 e. The molecule has 1 atom stereocenters. The fraction of sp³-hybridized carbons (Fsp3) is 0.467. The van der Waals surface area contributed by atoms with Gasteiger partial charge in [-0.15, -0.1) is 0 Å². The van der Waals surface area contributed by atoms with Crippen LogP contribution in [0.5, 0.6) is 0 Å². The average Bonchev–Trinajstić information content (AvgIpc) is 3.05. The van der Waals surface area contributed by atoms with Crippen molar-refractivity contribution in [2.24, 2.45) is 0 Å². The molecule has 1 aromatic carbocycles. The SMILES string of the molecule is CCN1CCCC1Cn1ccc2ccc([N+](=O)[O-])cc21. The summed E-state index contributed by atoms with van der Waals surface area (Å²) in [5, 5.41) is 12.0. The topological polar surface area (TPSA) is 51.3 Å². The minimum absolute atomic E-state index is 0.163. The summed E-state index contributed by atoms with van der Waals surface area (Å²) < 4.78 is 2.15. The van der Waals surface area contributed by atoms with E-state index in [1.165, 1.54) is 19.4 Å². The molecule has 1 unspecified atom stereocenters. The van der Waals surface area contributed by atoms with Crippen molar-refractivity contribution in [2.45, 2.75) is 32.4 Å². The molecule has 0 spiro atoms. The van der Waals surface area contributed by atoms with Crippen molar-refractivity contribution >= 4 is 16.6 Å². The van der Waals surface area contributed by atoms with E-state index in [-0.39, 0.29) is 10.6 Å². The molecule has 5 nitrogen and oxygen atoms in total. The van der Waals surface area contributed by atoms with Crippen LogP contribution in [0.15, 0.2) is 30.5 Å². The average molecular weight is 273 g/mol. The van der Waals surface area contributed by atoms with Crippen LogP contribution in [0.1, 0.15) is 19.8 Å². The van der Waals surface area contributed by atoms with Crippen molar-refractivity contribution < 1.29 is 4.92 Å². The predicted molar refractivity (Wildman–Crippen MR) is 78.9 cm³/mol. The first-order chi connectivity index (χ1) is 9.69. The highest BCUT2D eigenvalue weighted by atomic mass is 16.6. The maximum Gasteiger partial charge on any atom is 0.271 e. The Morgan fingerprint density at radius 3 is 3.00 bits per heavy atom. The second-order valence-corrected chi connectivity index (χ2v) is 5.39. The molecule has 20 heavy (non-hydrogen) atoms. The molecule has 0 bridgehead atoms. The minimum atomic E-state index is -0.329. The number of nitro groups is 1. The molecule has 1 fully saturated rings. The molecule has 0 aliphatic carbocycles. The summed E-state index contributed by atoms with van der Waals surface area (Å²) in [6, 6.07) is 7.66. The molecule has 106 valence electrons. The Morgan fingerprint density at radius 2 is 2.25 bits per heavy atom. The Hall–Kier alpha value is -1.88. The zero-order chi connectivity index (χ0) is 14.1. The second-order valence-electron chi connectivity index (χ2n) is 5.39. The molecule has 1 aliphatic heterocycles. The number of likely N-dealkylation sites (N-methyl/N-ethyl adjacent to an activating group) is 1. The lowest BCUT2D eigenvalue weighted by atomic mass is 10.2. The van der Waals surface area contributed by atoms with E-state index in [1.54, 1.807) is 12.1 Å². The van der Waals surface area contributed by atoms with Crippen LogP contribution < -0.4 is 0 Å². The zero-order valence-electron chi connectivity index (χ0n) is 11.7. The zero-order valence-corrected chi connectivity index (χ0v) is 11.7. The normalized spacial score (nSPS) is 19.8. The van der Waals surface area contributed by atoms with Gasteiger partial charge in [0.2, 0.25) is 0 Å². The van der Waals surface area contributed by atoms with Gasteiger partial charge in [-0.2, -0.15) is 0 Å². The van der Waals surface area contributed by atoms with Gasteiger partial charge in [-0.3, -0.25) is 15.0 Å². The van der Waals surface area contributed by atoms with E-state index < -0.39 is 0 Å². The number of rotatable bonds is 4. The quantitative estimate of drug-likeness (QED) is 0.635. The van der Waals surface area contributed by atoms with Crippen molar-refractivity contribution in [3.8, 4) is 0 Å². The van der Waals surface area contributed by atoms with Crippen LogP contribution in [0.2, 0.25) is 0 Å². The van der Waals surface area contributed by atoms with Gasteiger partial charge in [-0.25, -0.2) is 0 Å². The highest BCUT2D eigenvalue weighted by molar-refractivity contribution is 5.82. The van der Waals surface area contributed by atoms with Gasteiger partial charge >= 0.3 is 0 Å². The highest BCUT2D eigenvalue weighted by Gasteiger charge is 2.23. The number of non-ortho nitro benzene ring substituents is 1. The lowest BCUT2D eigenvalue weighted by molar-refractivity contribution is -0.384. The third-order valence-corrected chi connectivity index (χ3v) is 4.28. The Morgan fingerprint density at radius 1 is 1.40 bits per heavy atom. The van der Waals surface area contributed by atoms with E-state index in [4.69, 9.17) is 0 Å². The molecule has 3 rings (SSSR count). The molecule has 2 heterocycles. The lowest BCUT2D eigenvalue weighted by Crippen LogP contribution is -2.32. The van der Waals surface area contributed by atoms with Crippen LogP contribution in [0.3, 0.4) is 0 Å². The van der Waals surface area contributed by atoms with Gasteiger partial charge in [0, 0.05) is 36.3 Å². The van der Waals surface area contributed by atoms with Crippen molar-refractivity contribution in [1.29, 1.82) is 0 Å². The number of aromatic nitrogens is 1. The van der Waals surface area contributed by atoms with Crippen molar-refractivity contribution in [2.75, 3.05) is 13.1 Å². The van der Waals surface area contributed by atoms with E-state index in [1.807, 2.05) is 18.3 Å². The first kappa shape index (κ1) is 13.1. The Bertz CT molecular complexity index is 635. The van der Waals surface area contributed by atoms with Gasteiger partial charge in [0.1, 0.15) is 0 Å². The fourth-order valence-electron chi connectivity index (χ4n) is 3.19. The van der Waals surface area contributed by atoms with Crippen molar-refractivity contribution in [3.63, 3.8) is 0 Å². The summed E-state index contributed by atoms with van der Waals surface area (Å²) in [5.74, 6) is 0. The van der Waals surface area contributed by atoms with Gasteiger partial charge in [0.15, 0.2) is 0 Å². The number of fused-ring (bicyclic) bond motifs is 1. The number of hydrogen-bond acceptors (Lipinski definition) is 3. The summed E-state index contributed by atoms with van der Waals surface area (Å²) in [7, 11) is 0. The van der Waals surface area contributed by atoms with E-state index in [0.717, 1.165) is 24.0 Å². The first-order valence-corrected chi connectivity index (χ1v) is 7.16. The molecular weight excluding hydrogens is 254 g/mol. The van der Waals surface area contributed by atoms with Crippen molar-refractivity contribution in [1.82, 2.24) is 9.47 Å². The largest absolute Gasteiger partial charge is 0.346 e. The standard InChI is InChI=1S/C15H19N3O2/c1-2-16-8-3-4-14(16)11-17-9-7-12-5-6-13(18(19)20)10-15(12)17/h5-7,9-10,14H,2-4,8,11H2,1H3. The molecule has 2 aromatic rings. The summed E-state index contributed by atoms with van der Waals surface area (Å²) in [5.41, 5.74) is 1.12. The predicted octanol–water partition coefficient (Wildman–Crippen LogP) is 3.03. The van der Waals surface area contributed by atoms with Crippen LogP contribution in [-0.4, -0.2) is 33.5 Å². The highest BCUT2D eigenvalue weighted by Crippen LogP contribution is 2.25. The van der Waals surface area contributed by atoms with Crippen molar-refractivity contribution in [3.05, 3.63) is 40.6 Å². The number of benzene rings is 1. The molecule has 0 N–H and O–H groups in total. The lowest BCUT2D eigenvalue weighted by Gasteiger charge is -2.23. The third kappa shape index (κ3) is 2.29. The van der Waals surface area contributed by atoms with Crippen LogP contribution in [-0.2, 0) is 6.54 Å². The molecule has 5 heteroatoms. The molecule has 0 radical (unpaired) electrons. The van der Waals surface area contributed by atoms with E-state index in [2.05, 4.69) is 16.4 Å².